The normalized spacial score (nSPS) is 11.3. The van der Waals surface area contributed by atoms with Crippen LogP contribution in [0.2, 0.25) is 0 Å². The van der Waals surface area contributed by atoms with Gasteiger partial charge in [0.15, 0.2) is 0 Å². The van der Waals surface area contributed by atoms with Gasteiger partial charge < -0.3 is 9.32 Å². The van der Waals surface area contributed by atoms with E-state index in [1.54, 1.807) is 0 Å². The SMILES string of the molecule is c1ccc(-c2ccc(-c3ccc(N(c4cccc(-c5ccccc5)c4)c4cccc5ccc6c7ccccc7oc6c45)cc3)cc2)cc1. The second kappa shape index (κ2) is 11.8. The lowest BCUT2D eigenvalue weighted by atomic mass is 9.99. The van der Waals surface area contributed by atoms with Gasteiger partial charge >= 0.3 is 0 Å². The van der Waals surface area contributed by atoms with Crippen LogP contribution in [0.25, 0.3) is 66.1 Å². The summed E-state index contributed by atoms with van der Waals surface area (Å²) in [6, 6.07) is 66.8. The van der Waals surface area contributed by atoms with Gasteiger partial charge in [0.05, 0.1) is 5.69 Å². The molecule has 1 aromatic heterocycles. The molecule has 0 amide bonds. The van der Waals surface area contributed by atoms with Gasteiger partial charge in [-0.3, -0.25) is 0 Å². The highest BCUT2D eigenvalue weighted by atomic mass is 16.3. The Hall–Kier alpha value is -6.38. The third kappa shape index (κ3) is 4.92. The molecule has 9 rings (SSSR count). The molecule has 0 spiro atoms. The van der Waals surface area contributed by atoms with Crippen LogP contribution < -0.4 is 4.90 Å². The monoisotopic (exact) mass is 613 g/mol. The standard InChI is InChI=1S/C46H31NO/c1-3-11-32(12-4-1)34-21-23-35(24-22-34)36-25-28-39(29-26-36)47(40-17-9-16-38(31-40)33-13-5-2-6-14-33)43-19-10-15-37-27-30-42-41-18-7-8-20-44(41)48-46(42)45(37)43/h1-31H. The summed E-state index contributed by atoms with van der Waals surface area (Å²) in [7, 11) is 0. The molecule has 0 radical (unpaired) electrons. The molecule has 1 heterocycles. The molecule has 9 aromatic rings. The highest BCUT2D eigenvalue weighted by Gasteiger charge is 2.20. The topological polar surface area (TPSA) is 16.4 Å². The predicted octanol–water partition coefficient (Wildman–Crippen LogP) is 13.2. The molecule has 2 heteroatoms. The van der Waals surface area contributed by atoms with Gasteiger partial charge in [-0.2, -0.15) is 0 Å². The van der Waals surface area contributed by atoms with Gasteiger partial charge in [0.25, 0.3) is 0 Å². The Balaban J connectivity index is 1.20. The van der Waals surface area contributed by atoms with Crippen molar-refractivity contribution in [3.05, 3.63) is 188 Å². The summed E-state index contributed by atoms with van der Waals surface area (Å²) in [5.74, 6) is 0. The van der Waals surface area contributed by atoms with E-state index in [4.69, 9.17) is 4.42 Å². The number of rotatable bonds is 6. The molecule has 0 bridgehead atoms. The summed E-state index contributed by atoms with van der Waals surface area (Å²) >= 11 is 0. The maximum Gasteiger partial charge on any atom is 0.145 e. The van der Waals surface area contributed by atoms with Crippen molar-refractivity contribution in [3.8, 4) is 33.4 Å². The minimum absolute atomic E-state index is 0.898. The van der Waals surface area contributed by atoms with E-state index in [0.29, 0.717) is 0 Å². The molecule has 0 aliphatic rings. The van der Waals surface area contributed by atoms with Crippen molar-refractivity contribution in [2.24, 2.45) is 0 Å². The highest BCUT2D eigenvalue weighted by molar-refractivity contribution is 6.19. The first-order valence-electron chi connectivity index (χ1n) is 16.3. The molecule has 226 valence electrons. The summed E-state index contributed by atoms with van der Waals surface area (Å²) in [6.45, 7) is 0. The van der Waals surface area contributed by atoms with Crippen molar-refractivity contribution in [3.63, 3.8) is 0 Å². The maximum atomic E-state index is 6.61. The van der Waals surface area contributed by atoms with Gasteiger partial charge in [-0.05, 0) is 81.2 Å². The molecule has 0 saturated heterocycles. The zero-order chi connectivity index (χ0) is 31.9. The minimum atomic E-state index is 0.898. The van der Waals surface area contributed by atoms with Crippen molar-refractivity contribution in [2.45, 2.75) is 0 Å². The molecule has 8 aromatic carbocycles. The maximum absolute atomic E-state index is 6.61. The Labute approximate surface area is 279 Å². The number of anilines is 3. The Bertz CT molecular complexity index is 2530. The van der Waals surface area contributed by atoms with Crippen molar-refractivity contribution in [1.82, 2.24) is 0 Å². The molecule has 0 fully saturated rings. The van der Waals surface area contributed by atoms with E-state index >= 15 is 0 Å². The van der Waals surface area contributed by atoms with E-state index in [1.165, 1.54) is 33.4 Å². The zero-order valence-corrected chi connectivity index (χ0v) is 26.3. The van der Waals surface area contributed by atoms with Crippen molar-refractivity contribution < 1.29 is 4.42 Å². The van der Waals surface area contributed by atoms with Gasteiger partial charge in [-0.15, -0.1) is 0 Å². The third-order valence-electron chi connectivity index (χ3n) is 9.27. The molecule has 0 saturated carbocycles. The van der Waals surface area contributed by atoms with Crippen LogP contribution in [0.4, 0.5) is 17.1 Å². The first kappa shape index (κ1) is 27.9. The smallest absolute Gasteiger partial charge is 0.145 e. The van der Waals surface area contributed by atoms with E-state index in [9.17, 15) is 0 Å². The van der Waals surface area contributed by atoms with E-state index in [1.807, 2.05) is 6.07 Å². The zero-order valence-electron chi connectivity index (χ0n) is 26.3. The second-order valence-electron chi connectivity index (χ2n) is 12.2. The van der Waals surface area contributed by atoms with Gasteiger partial charge in [0.2, 0.25) is 0 Å². The molecule has 48 heavy (non-hydrogen) atoms. The Morgan fingerprint density at radius 1 is 0.354 bits per heavy atom. The first-order valence-corrected chi connectivity index (χ1v) is 16.3. The van der Waals surface area contributed by atoms with Crippen LogP contribution in [0.3, 0.4) is 0 Å². The Morgan fingerprint density at radius 3 is 1.62 bits per heavy atom. The van der Waals surface area contributed by atoms with E-state index in [-0.39, 0.29) is 0 Å². The number of hydrogen-bond acceptors (Lipinski definition) is 2. The van der Waals surface area contributed by atoms with Gasteiger partial charge in [0.1, 0.15) is 11.2 Å². The van der Waals surface area contributed by atoms with Crippen molar-refractivity contribution in [2.75, 3.05) is 4.90 Å². The Morgan fingerprint density at radius 2 is 0.917 bits per heavy atom. The lowest BCUT2D eigenvalue weighted by Gasteiger charge is -2.27. The van der Waals surface area contributed by atoms with E-state index in [2.05, 4.69) is 187 Å². The molecular formula is C46H31NO. The van der Waals surface area contributed by atoms with Crippen LogP contribution in [-0.2, 0) is 0 Å². The van der Waals surface area contributed by atoms with Crippen LogP contribution >= 0.6 is 0 Å². The number of fused-ring (bicyclic) bond motifs is 5. The summed E-state index contributed by atoms with van der Waals surface area (Å²) in [6.07, 6.45) is 0. The fourth-order valence-corrected chi connectivity index (χ4v) is 6.89. The minimum Gasteiger partial charge on any atom is -0.455 e. The highest BCUT2D eigenvalue weighted by Crippen LogP contribution is 2.44. The summed E-state index contributed by atoms with van der Waals surface area (Å²) in [5, 5.41) is 4.48. The quantitative estimate of drug-likeness (QED) is 0.185. The fourth-order valence-electron chi connectivity index (χ4n) is 6.89. The average Bonchev–Trinajstić information content (AvgIpc) is 3.55. The lowest BCUT2D eigenvalue weighted by molar-refractivity contribution is 0.672. The van der Waals surface area contributed by atoms with E-state index in [0.717, 1.165) is 49.8 Å². The fraction of sp³-hybridized carbons (Fsp3) is 0. The lowest BCUT2D eigenvalue weighted by Crippen LogP contribution is -2.10. The second-order valence-corrected chi connectivity index (χ2v) is 12.2. The Kier molecular flexibility index (Phi) is 6.84. The summed E-state index contributed by atoms with van der Waals surface area (Å²) < 4.78 is 6.61. The van der Waals surface area contributed by atoms with Crippen LogP contribution in [0.15, 0.2) is 192 Å². The number of benzene rings is 8. The van der Waals surface area contributed by atoms with Gasteiger partial charge in [0, 0.05) is 27.5 Å². The largest absolute Gasteiger partial charge is 0.455 e. The number of para-hydroxylation sites is 1. The molecular weight excluding hydrogens is 583 g/mol. The molecule has 0 unspecified atom stereocenters. The van der Waals surface area contributed by atoms with Crippen LogP contribution in [0.5, 0.6) is 0 Å². The van der Waals surface area contributed by atoms with Gasteiger partial charge in [-0.1, -0.05) is 146 Å². The molecule has 0 aliphatic heterocycles. The van der Waals surface area contributed by atoms with E-state index < -0.39 is 0 Å². The van der Waals surface area contributed by atoms with Gasteiger partial charge in [-0.25, -0.2) is 0 Å². The first-order chi connectivity index (χ1) is 23.8. The van der Waals surface area contributed by atoms with Crippen LogP contribution in [0.1, 0.15) is 0 Å². The van der Waals surface area contributed by atoms with Crippen molar-refractivity contribution in [1.29, 1.82) is 0 Å². The third-order valence-corrected chi connectivity index (χ3v) is 9.27. The molecule has 0 aliphatic carbocycles. The number of nitrogens with zero attached hydrogens (tertiary/aromatic N) is 1. The van der Waals surface area contributed by atoms with Crippen LogP contribution in [0, 0.1) is 0 Å². The predicted molar refractivity (Wildman–Crippen MR) is 202 cm³/mol. The number of furan rings is 1. The van der Waals surface area contributed by atoms with Crippen LogP contribution in [-0.4, -0.2) is 0 Å². The molecule has 0 atom stereocenters. The average molecular weight is 614 g/mol. The summed E-state index contributed by atoms with van der Waals surface area (Å²) in [4.78, 5) is 2.36. The molecule has 0 N–H and O–H groups in total. The molecule has 2 nitrogen and oxygen atoms in total. The number of hydrogen-bond donors (Lipinski definition) is 0. The summed E-state index contributed by atoms with van der Waals surface area (Å²) in [5.41, 5.74) is 12.2. The van der Waals surface area contributed by atoms with Crippen molar-refractivity contribution >= 4 is 49.8 Å².